The predicted molar refractivity (Wildman–Crippen MR) is 57.0 cm³/mol. The molecule has 2 rings (SSSR count). The Bertz CT molecular complexity index is 364. The molecule has 0 radical (unpaired) electrons. The molecule has 4 heteroatoms. The first kappa shape index (κ1) is 11.5. The molecule has 2 nitrogen and oxygen atoms in total. The van der Waals surface area contributed by atoms with E-state index in [2.05, 4.69) is 0 Å². The predicted octanol–water partition coefficient (Wildman–Crippen LogP) is 1.87. The maximum Gasteiger partial charge on any atom is 0.159 e. The third kappa shape index (κ3) is 2.57. The van der Waals surface area contributed by atoms with E-state index >= 15 is 0 Å². The molecule has 1 aliphatic heterocycles. The largest absolute Gasteiger partial charge is 0.381 e. The van der Waals surface area contributed by atoms with E-state index in [0.717, 1.165) is 24.7 Å². The highest BCUT2D eigenvalue weighted by molar-refractivity contribution is 5.19. The molecular weight excluding hydrogens is 212 g/mol. The van der Waals surface area contributed by atoms with Gasteiger partial charge in [-0.3, -0.25) is 0 Å². The highest BCUT2D eigenvalue weighted by Gasteiger charge is 2.23. The second-order valence-corrected chi connectivity index (χ2v) is 4.24. The van der Waals surface area contributed by atoms with Gasteiger partial charge in [0.05, 0.1) is 6.61 Å². The van der Waals surface area contributed by atoms with Crippen LogP contribution in [0, 0.1) is 17.6 Å². The fourth-order valence-electron chi connectivity index (χ4n) is 2.00. The molecular formula is C12H15F2NO. The van der Waals surface area contributed by atoms with Crippen molar-refractivity contribution >= 4 is 0 Å². The van der Waals surface area contributed by atoms with E-state index in [4.69, 9.17) is 10.5 Å². The Morgan fingerprint density at radius 1 is 1.38 bits per heavy atom. The summed E-state index contributed by atoms with van der Waals surface area (Å²) in [4.78, 5) is 0. The zero-order valence-electron chi connectivity index (χ0n) is 8.96. The monoisotopic (exact) mass is 227 g/mol. The van der Waals surface area contributed by atoms with Crippen LogP contribution in [0.4, 0.5) is 8.78 Å². The van der Waals surface area contributed by atoms with Gasteiger partial charge in [-0.1, -0.05) is 6.07 Å². The van der Waals surface area contributed by atoms with E-state index in [1.165, 1.54) is 6.07 Å². The molecule has 0 spiro atoms. The molecule has 0 amide bonds. The summed E-state index contributed by atoms with van der Waals surface area (Å²) in [5.74, 6) is -1.30. The van der Waals surface area contributed by atoms with Crippen molar-refractivity contribution in [2.45, 2.75) is 18.9 Å². The first-order valence-corrected chi connectivity index (χ1v) is 5.44. The highest BCUT2D eigenvalue weighted by atomic mass is 19.2. The highest BCUT2D eigenvalue weighted by Crippen LogP contribution is 2.19. The van der Waals surface area contributed by atoms with Crippen LogP contribution in [0.5, 0.6) is 0 Å². The summed E-state index contributed by atoms with van der Waals surface area (Å²) in [6, 6.07) is 3.88. The minimum atomic E-state index is -0.818. The van der Waals surface area contributed by atoms with Crippen molar-refractivity contribution in [1.29, 1.82) is 0 Å². The molecule has 0 aliphatic carbocycles. The fraction of sp³-hybridized carbons (Fsp3) is 0.500. The first-order chi connectivity index (χ1) is 7.66. The van der Waals surface area contributed by atoms with Gasteiger partial charge in [0.2, 0.25) is 0 Å². The van der Waals surface area contributed by atoms with E-state index < -0.39 is 11.6 Å². The quantitative estimate of drug-likeness (QED) is 0.855. The average Bonchev–Trinajstić information content (AvgIpc) is 2.77. The number of halogens is 2. The smallest absolute Gasteiger partial charge is 0.159 e. The summed E-state index contributed by atoms with van der Waals surface area (Å²) < 4.78 is 30.9. The molecule has 2 N–H and O–H groups in total. The van der Waals surface area contributed by atoms with Gasteiger partial charge in [0, 0.05) is 12.6 Å². The van der Waals surface area contributed by atoms with Crippen molar-refractivity contribution in [3.63, 3.8) is 0 Å². The molecule has 0 saturated carbocycles. The van der Waals surface area contributed by atoms with Gasteiger partial charge >= 0.3 is 0 Å². The van der Waals surface area contributed by atoms with E-state index in [0.29, 0.717) is 18.9 Å². The van der Waals surface area contributed by atoms with Gasteiger partial charge < -0.3 is 10.5 Å². The van der Waals surface area contributed by atoms with E-state index in [9.17, 15) is 8.78 Å². The Kier molecular flexibility index (Phi) is 3.51. The van der Waals surface area contributed by atoms with E-state index in [1.54, 1.807) is 6.07 Å². The second kappa shape index (κ2) is 4.89. The van der Waals surface area contributed by atoms with Gasteiger partial charge in [-0.2, -0.15) is 0 Å². The number of hydrogen-bond acceptors (Lipinski definition) is 2. The number of ether oxygens (including phenoxy) is 1. The summed E-state index contributed by atoms with van der Waals surface area (Å²) in [7, 11) is 0. The number of rotatable bonds is 3. The minimum absolute atomic E-state index is 0.0487. The molecule has 1 fully saturated rings. The van der Waals surface area contributed by atoms with Crippen LogP contribution in [-0.4, -0.2) is 19.3 Å². The van der Waals surface area contributed by atoms with E-state index in [1.807, 2.05) is 0 Å². The number of hydrogen-bond donors (Lipinski definition) is 1. The average molecular weight is 227 g/mol. The van der Waals surface area contributed by atoms with Crippen LogP contribution < -0.4 is 5.73 Å². The number of nitrogens with two attached hydrogens (primary N) is 1. The third-order valence-corrected chi connectivity index (χ3v) is 3.03. The van der Waals surface area contributed by atoms with Crippen LogP contribution in [0.2, 0.25) is 0 Å². The zero-order chi connectivity index (χ0) is 11.5. The topological polar surface area (TPSA) is 35.2 Å². The van der Waals surface area contributed by atoms with Crippen LogP contribution in [0.25, 0.3) is 0 Å². The summed E-state index contributed by atoms with van der Waals surface area (Å²) in [5.41, 5.74) is 6.74. The van der Waals surface area contributed by atoms with Crippen molar-refractivity contribution in [2.24, 2.45) is 11.7 Å². The van der Waals surface area contributed by atoms with Crippen LogP contribution in [0.3, 0.4) is 0 Å². The third-order valence-electron chi connectivity index (χ3n) is 3.03. The summed E-state index contributed by atoms with van der Waals surface area (Å²) in [6.45, 7) is 1.42. The van der Waals surface area contributed by atoms with Gasteiger partial charge in [0.15, 0.2) is 11.6 Å². The van der Waals surface area contributed by atoms with Gasteiger partial charge in [0.1, 0.15) is 0 Å². The molecule has 16 heavy (non-hydrogen) atoms. The molecule has 1 aromatic rings. The van der Waals surface area contributed by atoms with Crippen LogP contribution in [0.1, 0.15) is 12.0 Å². The van der Waals surface area contributed by atoms with E-state index in [-0.39, 0.29) is 6.04 Å². The Morgan fingerprint density at radius 2 is 2.19 bits per heavy atom. The first-order valence-electron chi connectivity index (χ1n) is 5.44. The van der Waals surface area contributed by atoms with Crippen molar-refractivity contribution in [2.75, 3.05) is 13.2 Å². The zero-order valence-corrected chi connectivity index (χ0v) is 8.96. The van der Waals surface area contributed by atoms with Gasteiger partial charge in [-0.05, 0) is 36.5 Å². The molecule has 0 unspecified atom stereocenters. The van der Waals surface area contributed by atoms with Gasteiger partial charge in [-0.15, -0.1) is 0 Å². The normalized spacial score (nSPS) is 22.3. The number of benzene rings is 1. The van der Waals surface area contributed by atoms with Crippen LogP contribution >= 0.6 is 0 Å². The van der Waals surface area contributed by atoms with Crippen LogP contribution in [-0.2, 0) is 11.2 Å². The molecule has 2 atom stereocenters. The Labute approximate surface area is 93.4 Å². The fourth-order valence-corrected chi connectivity index (χ4v) is 2.00. The summed E-state index contributed by atoms with van der Waals surface area (Å²) >= 11 is 0. The van der Waals surface area contributed by atoms with Crippen molar-refractivity contribution in [3.05, 3.63) is 35.4 Å². The SMILES string of the molecule is N[C@H](Cc1ccc(F)c(F)c1)[C@@H]1CCOC1. The second-order valence-electron chi connectivity index (χ2n) is 4.24. The lowest BCUT2D eigenvalue weighted by Crippen LogP contribution is -2.32. The molecule has 1 aliphatic rings. The maximum absolute atomic E-state index is 13.0. The Balaban J connectivity index is 1.99. The van der Waals surface area contributed by atoms with Gasteiger partial charge in [0.25, 0.3) is 0 Å². The molecule has 0 bridgehead atoms. The van der Waals surface area contributed by atoms with Crippen molar-refractivity contribution < 1.29 is 13.5 Å². The molecule has 1 heterocycles. The molecule has 1 saturated heterocycles. The summed E-state index contributed by atoms with van der Waals surface area (Å²) in [5, 5.41) is 0. The minimum Gasteiger partial charge on any atom is -0.381 e. The lowest BCUT2D eigenvalue weighted by atomic mass is 9.94. The maximum atomic E-state index is 13.0. The van der Waals surface area contributed by atoms with Crippen molar-refractivity contribution in [3.8, 4) is 0 Å². The van der Waals surface area contributed by atoms with Crippen molar-refractivity contribution in [1.82, 2.24) is 0 Å². The lowest BCUT2D eigenvalue weighted by Gasteiger charge is -2.17. The summed E-state index contributed by atoms with van der Waals surface area (Å²) in [6.07, 6.45) is 1.51. The molecule has 0 aromatic heterocycles. The van der Waals surface area contributed by atoms with Crippen LogP contribution in [0.15, 0.2) is 18.2 Å². The van der Waals surface area contributed by atoms with Gasteiger partial charge in [-0.25, -0.2) is 8.78 Å². The standard InChI is InChI=1S/C12H15F2NO/c13-10-2-1-8(5-11(10)14)6-12(15)9-3-4-16-7-9/h1-2,5,9,12H,3-4,6-7,15H2/t9-,12-/m1/s1. The lowest BCUT2D eigenvalue weighted by molar-refractivity contribution is 0.180. The Hall–Kier alpha value is -1.00. The Morgan fingerprint density at radius 3 is 2.81 bits per heavy atom. The molecule has 88 valence electrons. The molecule has 1 aromatic carbocycles.